The van der Waals surface area contributed by atoms with Crippen LogP contribution in [0.1, 0.15) is 52.7 Å². The highest BCUT2D eigenvalue weighted by Crippen LogP contribution is 2.16. The molecule has 1 fully saturated rings. The Kier molecular flexibility index (Phi) is 15.1. The molecule has 4 atom stereocenters. The van der Waals surface area contributed by atoms with Gasteiger partial charge in [0, 0.05) is 26.2 Å². The van der Waals surface area contributed by atoms with Crippen molar-refractivity contribution in [1.29, 1.82) is 0 Å². The van der Waals surface area contributed by atoms with Crippen LogP contribution in [0.3, 0.4) is 0 Å². The molecule has 1 aliphatic heterocycles. The third-order valence-corrected chi connectivity index (χ3v) is 7.44. The molecule has 0 bridgehead atoms. The lowest BCUT2D eigenvalue weighted by Crippen LogP contribution is -2.53. The van der Waals surface area contributed by atoms with E-state index in [0.717, 1.165) is 11.1 Å². The first-order chi connectivity index (χ1) is 23.1. The van der Waals surface area contributed by atoms with Crippen LogP contribution in [0.25, 0.3) is 0 Å². The number of alkyl carbamates (subject to hydrolysis) is 2. The molecule has 3 rings (SSSR count). The van der Waals surface area contributed by atoms with E-state index in [4.69, 9.17) is 18.9 Å². The van der Waals surface area contributed by atoms with Crippen molar-refractivity contribution in [2.75, 3.05) is 46.0 Å². The molecular formula is C36H54N4O9. The van der Waals surface area contributed by atoms with Crippen LogP contribution in [0.2, 0.25) is 0 Å². The van der Waals surface area contributed by atoms with E-state index in [9.17, 15) is 24.6 Å². The van der Waals surface area contributed by atoms with Crippen LogP contribution in [0.4, 0.5) is 9.59 Å². The highest BCUT2D eigenvalue weighted by molar-refractivity contribution is 5.77. The molecule has 0 aromatic heterocycles. The second-order valence-corrected chi connectivity index (χ2v) is 14.1. The molecule has 49 heavy (non-hydrogen) atoms. The summed E-state index contributed by atoms with van der Waals surface area (Å²) in [6.07, 6.45) is -2.81. The second kappa shape index (κ2) is 18.7. The van der Waals surface area contributed by atoms with Crippen molar-refractivity contribution < 1.29 is 43.5 Å². The Bertz CT molecular complexity index is 1310. The first-order valence-corrected chi connectivity index (χ1v) is 16.7. The summed E-state index contributed by atoms with van der Waals surface area (Å²) in [5, 5.41) is 31.0. The summed E-state index contributed by atoms with van der Waals surface area (Å²) >= 11 is 0. The molecule has 2 aromatic carbocycles. The zero-order valence-corrected chi connectivity index (χ0v) is 29.6. The van der Waals surface area contributed by atoms with Crippen LogP contribution in [0, 0.1) is 0 Å². The van der Waals surface area contributed by atoms with Crippen molar-refractivity contribution >= 4 is 18.1 Å². The standard InChI is InChI=1S/C36H54N4O9/c1-35(2,3)48-33(44)38-28(20-25-10-8-7-9-11-25)30(41)22-37-23-31(42)29(39-34(45)49-36(4,5)6)21-26-12-14-27(15-13-26)47-24-32(43)40-16-18-46-19-17-40/h7-15,28-31,37,41-42H,16-24H2,1-6H3,(H,38,44)(H,39,45)/t28?,29-,30-,31-/m1/s1. The average molecular weight is 687 g/mol. The van der Waals surface area contributed by atoms with Gasteiger partial charge in [0.25, 0.3) is 5.91 Å². The van der Waals surface area contributed by atoms with Crippen molar-refractivity contribution in [3.05, 3.63) is 65.7 Å². The predicted octanol–water partition coefficient (Wildman–Crippen LogP) is 2.81. The lowest BCUT2D eigenvalue weighted by atomic mass is 10.00. The fourth-order valence-electron chi connectivity index (χ4n) is 5.04. The van der Waals surface area contributed by atoms with Crippen LogP contribution >= 0.6 is 0 Å². The first kappa shape index (κ1) is 39.5. The topological polar surface area (TPSA) is 168 Å². The van der Waals surface area contributed by atoms with E-state index in [1.54, 1.807) is 70.7 Å². The number of aliphatic hydroxyl groups is 2. The van der Waals surface area contributed by atoms with Gasteiger partial charge in [-0.25, -0.2) is 9.59 Å². The molecule has 1 unspecified atom stereocenters. The van der Waals surface area contributed by atoms with E-state index < -0.39 is 47.7 Å². The van der Waals surface area contributed by atoms with Gasteiger partial charge in [0.2, 0.25) is 0 Å². The summed E-state index contributed by atoms with van der Waals surface area (Å²) in [5.41, 5.74) is 0.273. The number of rotatable bonds is 15. The number of aliphatic hydroxyl groups excluding tert-OH is 2. The number of nitrogens with zero attached hydrogens (tertiary/aromatic N) is 1. The fraction of sp³-hybridized carbons (Fsp3) is 0.583. The van der Waals surface area contributed by atoms with Gasteiger partial charge in [-0.1, -0.05) is 42.5 Å². The second-order valence-electron chi connectivity index (χ2n) is 14.1. The molecule has 13 heteroatoms. The van der Waals surface area contributed by atoms with Gasteiger partial charge >= 0.3 is 12.2 Å². The van der Waals surface area contributed by atoms with Crippen LogP contribution < -0.4 is 20.7 Å². The first-order valence-electron chi connectivity index (χ1n) is 16.7. The molecule has 272 valence electrons. The summed E-state index contributed by atoms with van der Waals surface area (Å²) in [5.74, 6) is 0.407. The van der Waals surface area contributed by atoms with E-state index in [0.29, 0.717) is 38.5 Å². The van der Waals surface area contributed by atoms with Gasteiger partial charge in [0.15, 0.2) is 6.61 Å². The maximum absolute atomic E-state index is 12.7. The molecule has 3 amide bonds. The van der Waals surface area contributed by atoms with Gasteiger partial charge in [-0.05, 0) is 77.6 Å². The summed E-state index contributed by atoms with van der Waals surface area (Å²) in [6, 6.07) is 15.1. The number of morpholine rings is 1. The fourth-order valence-corrected chi connectivity index (χ4v) is 5.04. The molecule has 0 saturated carbocycles. The number of ether oxygens (including phenoxy) is 4. The van der Waals surface area contributed by atoms with E-state index in [1.165, 1.54) is 0 Å². The van der Waals surface area contributed by atoms with E-state index >= 15 is 0 Å². The third kappa shape index (κ3) is 15.5. The SMILES string of the molecule is CC(C)(C)OC(=O)NC(Cc1ccccc1)[C@H](O)CNC[C@@H](O)[C@@H](Cc1ccc(OCC(=O)N2CCOCC2)cc1)NC(=O)OC(C)(C)C. The number of carbonyl (C=O) groups is 3. The van der Waals surface area contributed by atoms with Crippen LogP contribution in [-0.4, -0.2) is 115 Å². The van der Waals surface area contributed by atoms with Gasteiger partial charge in [0.05, 0.1) is 37.5 Å². The number of amides is 3. The lowest BCUT2D eigenvalue weighted by Gasteiger charge is -2.29. The smallest absolute Gasteiger partial charge is 0.407 e. The van der Waals surface area contributed by atoms with Crippen molar-refractivity contribution in [2.45, 2.75) is 89.9 Å². The molecule has 1 aliphatic rings. The Morgan fingerprint density at radius 3 is 1.69 bits per heavy atom. The summed E-state index contributed by atoms with van der Waals surface area (Å²) in [4.78, 5) is 39.4. The van der Waals surface area contributed by atoms with E-state index in [2.05, 4.69) is 16.0 Å². The predicted molar refractivity (Wildman–Crippen MR) is 184 cm³/mol. The lowest BCUT2D eigenvalue weighted by molar-refractivity contribution is -0.137. The van der Waals surface area contributed by atoms with Gasteiger partial charge < -0.3 is 50.0 Å². The molecule has 5 N–H and O–H groups in total. The Morgan fingerprint density at radius 1 is 0.755 bits per heavy atom. The average Bonchev–Trinajstić information content (AvgIpc) is 3.02. The summed E-state index contributed by atoms with van der Waals surface area (Å²) in [7, 11) is 0. The van der Waals surface area contributed by atoms with Crippen LogP contribution in [0.15, 0.2) is 54.6 Å². The van der Waals surface area contributed by atoms with E-state index in [-0.39, 0.29) is 32.0 Å². The zero-order valence-electron chi connectivity index (χ0n) is 29.6. The maximum atomic E-state index is 12.7. The minimum absolute atomic E-state index is 0.0207. The molecular weight excluding hydrogens is 632 g/mol. The van der Waals surface area contributed by atoms with Crippen molar-refractivity contribution in [3.8, 4) is 5.75 Å². The van der Waals surface area contributed by atoms with Gasteiger partial charge in [-0.3, -0.25) is 4.79 Å². The zero-order chi connectivity index (χ0) is 36.0. The largest absolute Gasteiger partial charge is 0.484 e. The Hall–Kier alpha value is -3.91. The molecule has 0 spiro atoms. The minimum Gasteiger partial charge on any atom is -0.484 e. The van der Waals surface area contributed by atoms with Gasteiger partial charge in [-0.2, -0.15) is 0 Å². The highest BCUT2D eigenvalue weighted by atomic mass is 16.6. The van der Waals surface area contributed by atoms with Crippen molar-refractivity contribution in [1.82, 2.24) is 20.9 Å². The van der Waals surface area contributed by atoms with Crippen LogP contribution in [0.5, 0.6) is 5.75 Å². The summed E-state index contributed by atoms with van der Waals surface area (Å²) in [6.45, 7) is 12.6. The van der Waals surface area contributed by atoms with Crippen molar-refractivity contribution in [2.24, 2.45) is 0 Å². The molecule has 13 nitrogen and oxygen atoms in total. The Labute approximate surface area is 289 Å². The van der Waals surface area contributed by atoms with Gasteiger partial charge in [-0.15, -0.1) is 0 Å². The number of hydrogen-bond donors (Lipinski definition) is 5. The number of carbonyl (C=O) groups excluding carboxylic acids is 3. The molecule has 0 radical (unpaired) electrons. The molecule has 2 aromatic rings. The van der Waals surface area contributed by atoms with Gasteiger partial charge in [0.1, 0.15) is 17.0 Å². The van der Waals surface area contributed by atoms with Crippen molar-refractivity contribution in [3.63, 3.8) is 0 Å². The highest BCUT2D eigenvalue weighted by Gasteiger charge is 2.28. The Morgan fingerprint density at radius 2 is 1.22 bits per heavy atom. The quantitative estimate of drug-likeness (QED) is 0.188. The Balaban J connectivity index is 1.61. The number of benzene rings is 2. The third-order valence-electron chi connectivity index (χ3n) is 7.44. The monoisotopic (exact) mass is 686 g/mol. The normalized spacial score (nSPS) is 16.1. The number of nitrogens with one attached hydrogen (secondary N) is 3. The molecule has 1 heterocycles. The maximum Gasteiger partial charge on any atom is 0.407 e. The summed E-state index contributed by atoms with van der Waals surface area (Å²) < 4.78 is 21.8. The minimum atomic E-state index is -1.08. The van der Waals surface area contributed by atoms with E-state index in [1.807, 2.05) is 30.3 Å². The molecule has 1 saturated heterocycles. The van der Waals surface area contributed by atoms with Crippen LogP contribution in [-0.2, 0) is 31.8 Å². The number of hydrogen-bond acceptors (Lipinski definition) is 10. The molecule has 0 aliphatic carbocycles.